The number of piperidine rings is 1. The summed E-state index contributed by atoms with van der Waals surface area (Å²) < 4.78 is 0. The van der Waals surface area contributed by atoms with Crippen LogP contribution in [-0.2, 0) is 10.4 Å². The third kappa shape index (κ3) is 3.26. The number of para-hydroxylation sites is 1. The standard InChI is InChI=1S/C21H23N3O3/c25-19(17-9-4-5-11-22-17)14-21(27)16-8-2-3-10-18(16)24(20(21)26)15-23-12-6-1-7-13-23/h2-5,8-11,27H,1,6-7,12-15H2/p+1/t21-/m0/s1. The Bertz CT molecular complexity index is 849. The molecule has 0 unspecified atom stereocenters. The van der Waals surface area contributed by atoms with Gasteiger partial charge in [-0.2, -0.15) is 0 Å². The highest BCUT2D eigenvalue weighted by Crippen LogP contribution is 2.42. The molecule has 6 heteroatoms. The lowest BCUT2D eigenvalue weighted by molar-refractivity contribution is -0.903. The maximum Gasteiger partial charge on any atom is 0.268 e. The Morgan fingerprint density at radius 3 is 2.59 bits per heavy atom. The fraction of sp³-hybridized carbons (Fsp3) is 0.381. The first-order valence-electron chi connectivity index (χ1n) is 9.51. The number of Topliss-reactive ketones (excluding diaryl/α,β-unsaturated/α-hetero) is 1. The van der Waals surface area contributed by atoms with Crippen molar-refractivity contribution in [3.63, 3.8) is 0 Å². The normalized spacial score (nSPS) is 22.7. The first-order valence-corrected chi connectivity index (χ1v) is 9.51. The van der Waals surface area contributed by atoms with Crippen molar-refractivity contribution in [2.24, 2.45) is 0 Å². The molecule has 0 spiro atoms. The zero-order valence-electron chi connectivity index (χ0n) is 15.2. The number of likely N-dealkylation sites (tertiary alicyclic amines) is 1. The topological polar surface area (TPSA) is 74.9 Å². The highest BCUT2D eigenvalue weighted by molar-refractivity contribution is 6.10. The Morgan fingerprint density at radius 1 is 1.11 bits per heavy atom. The number of aliphatic hydroxyl groups is 1. The van der Waals surface area contributed by atoms with Crippen LogP contribution in [0.2, 0.25) is 0 Å². The smallest absolute Gasteiger partial charge is 0.268 e. The lowest BCUT2D eigenvalue weighted by Gasteiger charge is -2.29. The van der Waals surface area contributed by atoms with Crippen LogP contribution in [0.3, 0.4) is 0 Å². The molecule has 2 aliphatic heterocycles. The maximum atomic E-state index is 13.2. The molecule has 6 nitrogen and oxygen atoms in total. The van der Waals surface area contributed by atoms with E-state index in [4.69, 9.17) is 0 Å². The molecule has 4 rings (SSSR count). The lowest BCUT2D eigenvalue weighted by Crippen LogP contribution is -3.14. The third-order valence-electron chi connectivity index (χ3n) is 5.55. The van der Waals surface area contributed by atoms with Crippen LogP contribution in [0.1, 0.15) is 41.7 Å². The quantitative estimate of drug-likeness (QED) is 0.772. The molecule has 2 aliphatic rings. The summed E-state index contributed by atoms with van der Waals surface area (Å²) in [6.45, 7) is 2.57. The molecule has 1 saturated heterocycles. The van der Waals surface area contributed by atoms with Gasteiger partial charge in [0, 0.05) is 11.8 Å². The van der Waals surface area contributed by atoms with E-state index in [1.807, 2.05) is 12.1 Å². The second-order valence-corrected chi connectivity index (χ2v) is 7.39. The summed E-state index contributed by atoms with van der Waals surface area (Å²) in [5.74, 6) is -0.750. The number of carbonyl (C=O) groups is 2. The molecule has 0 saturated carbocycles. The van der Waals surface area contributed by atoms with E-state index in [-0.39, 0.29) is 17.9 Å². The van der Waals surface area contributed by atoms with E-state index >= 15 is 0 Å². The minimum Gasteiger partial charge on any atom is -0.375 e. The zero-order chi connectivity index (χ0) is 18.9. The Kier molecular flexibility index (Phi) is 4.76. The molecule has 140 valence electrons. The zero-order valence-corrected chi connectivity index (χ0v) is 15.2. The van der Waals surface area contributed by atoms with Crippen molar-refractivity contribution in [1.29, 1.82) is 0 Å². The number of nitrogens with one attached hydrogen (secondary N) is 1. The Labute approximate surface area is 158 Å². The summed E-state index contributed by atoms with van der Waals surface area (Å²) in [6.07, 6.45) is 4.78. The summed E-state index contributed by atoms with van der Waals surface area (Å²) in [4.78, 5) is 32.9. The van der Waals surface area contributed by atoms with E-state index in [9.17, 15) is 14.7 Å². The second-order valence-electron chi connectivity index (χ2n) is 7.39. The van der Waals surface area contributed by atoms with Crippen LogP contribution in [0.4, 0.5) is 5.69 Å². The summed E-state index contributed by atoms with van der Waals surface area (Å²) in [7, 11) is 0. The number of pyridine rings is 1. The van der Waals surface area contributed by atoms with Crippen LogP contribution >= 0.6 is 0 Å². The molecule has 2 aromatic rings. The van der Waals surface area contributed by atoms with Gasteiger partial charge in [0.05, 0.1) is 25.2 Å². The number of carbonyl (C=O) groups excluding carboxylic acids is 2. The predicted molar refractivity (Wildman–Crippen MR) is 100 cm³/mol. The molecule has 0 bridgehead atoms. The number of hydrogen-bond acceptors (Lipinski definition) is 4. The van der Waals surface area contributed by atoms with Crippen LogP contribution in [0.15, 0.2) is 48.7 Å². The highest BCUT2D eigenvalue weighted by Gasteiger charge is 2.51. The molecule has 1 fully saturated rings. The van der Waals surface area contributed by atoms with Gasteiger partial charge in [-0.3, -0.25) is 19.5 Å². The van der Waals surface area contributed by atoms with E-state index in [2.05, 4.69) is 4.98 Å². The molecule has 0 aliphatic carbocycles. The van der Waals surface area contributed by atoms with Gasteiger partial charge in [0.25, 0.3) is 5.91 Å². The highest BCUT2D eigenvalue weighted by atomic mass is 16.3. The van der Waals surface area contributed by atoms with E-state index < -0.39 is 11.5 Å². The number of aromatic nitrogens is 1. The van der Waals surface area contributed by atoms with E-state index in [0.29, 0.717) is 17.9 Å². The van der Waals surface area contributed by atoms with Crippen LogP contribution in [0, 0.1) is 0 Å². The number of anilines is 1. The maximum absolute atomic E-state index is 13.2. The molecule has 1 atom stereocenters. The Hall–Kier alpha value is -2.57. The number of nitrogens with zero attached hydrogens (tertiary/aromatic N) is 2. The minimum absolute atomic E-state index is 0.260. The van der Waals surface area contributed by atoms with Gasteiger partial charge < -0.3 is 10.0 Å². The predicted octanol–water partition coefficient (Wildman–Crippen LogP) is 0.915. The van der Waals surface area contributed by atoms with Crippen molar-refractivity contribution in [3.8, 4) is 0 Å². The van der Waals surface area contributed by atoms with Gasteiger partial charge in [-0.25, -0.2) is 0 Å². The van der Waals surface area contributed by atoms with Crippen molar-refractivity contribution in [2.45, 2.75) is 31.3 Å². The molecule has 1 amide bonds. The van der Waals surface area contributed by atoms with Crippen LogP contribution in [-0.4, -0.2) is 41.5 Å². The Balaban J connectivity index is 1.62. The fourth-order valence-electron chi connectivity index (χ4n) is 4.12. The van der Waals surface area contributed by atoms with Gasteiger partial charge in [0.15, 0.2) is 18.1 Å². The lowest BCUT2D eigenvalue weighted by atomic mass is 9.89. The number of quaternary nitrogens is 1. The van der Waals surface area contributed by atoms with Gasteiger partial charge in [0.2, 0.25) is 0 Å². The van der Waals surface area contributed by atoms with Gasteiger partial charge >= 0.3 is 0 Å². The SMILES string of the molecule is O=C(C[C@@]1(O)C(=O)N(C[NH+]2CCCCC2)c2ccccc21)c1ccccn1. The molecule has 1 aromatic carbocycles. The number of fused-ring (bicyclic) bond motifs is 1. The summed E-state index contributed by atoms with van der Waals surface area (Å²) in [5, 5.41) is 11.3. The van der Waals surface area contributed by atoms with Gasteiger partial charge in [0.1, 0.15) is 5.69 Å². The summed E-state index contributed by atoms with van der Waals surface area (Å²) >= 11 is 0. The second kappa shape index (κ2) is 7.21. The summed E-state index contributed by atoms with van der Waals surface area (Å²) in [5.41, 5.74) is -0.357. The average molecular weight is 366 g/mol. The van der Waals surface area contributed by atoms with Gasteiger partial charge in [-0.15, -0.1) is 0 Å². The minimum atomic E-state index is -1.83. The van der Waals surface area contributed by atoms with Crippen LogP contribution in [0.5, 0.6) is 0 Å². The van der Waals surface area contributed by atoms with E-state index in [0.717, 1.165) is 25.9 Å². The number of amides is 1. The molecule has 2 N–H and O–H groups in total. The average Bonchev–Trinajstić information content (AvgIpc) is 2.92. The molecule has 3 heterocycles. The monoisotopic (exact) mass is 366 g/mol. The fourth-order valence-corrected chi connectivity index (χ4v) is 4.12. The Morgan fingerprint density at radius 2 is 1.85 bits per heavy atom. The van der Waals surface area contributed by atoms with Crippen molar-refractivity contribution in [2.75, 3.05) is 24.7 Å². The van der Waals surface area contributed by atoms with E-state index in [1.54, 1.807) is 35.2 Å². The van der Waals surface area contributed by atoms with Crippen molar-refractivity contribution in [3.05, 3.63) is 59.9 Å². The number of rotatable bonds is 5. The van der Waals surface area contributed by atoms with Crippen molar-refractivity contribution >= 4 is 17.4 Å². The van der Waals surface area contributed by atoms with Gasteiger partial charge in [-0.05, 0) is 37.5 Å². The number of hydrogen-bond donors (Lipinski definition) is 2. The van der Waals surface area contributed by atoms with Crippen molar-refractivity contribution in [1.82, 2.24) is 4.98 Å². The largest absolute Gasteiger partial charge is 0.375 e. The van der Waals surface area contributed by atoms with Crippen LogP contribution in [0.25, 0.3) is 0 Å². The van der Waals surface area contributed by atoms with Crippen LogP contribution < -0.4 is 9.80 Å². The number of ketones is 1. The molecule has 1 aromatic heterocycles. The summed E-state index contributed by atoms with van der Waals surface area (Å²) in [6, 6.07) is 12.3. The molecular weight excluding hydrogens is 342 g/mol. The number of benzene rings is 1. The molecule has 27 heavy (non-hydrogen) atoms. The first-order chi connectivity index (χ1) is 13.1. The first kappa shape index (κ1) is 17.8. The molecular formula is C21H24N3O3+. The van der Waals surface area contributed by atoms with Crippen molar-refractivity contribution < 1.29 is 19.6 Å². The third-order valence-corrected chi connectivity index (χ3v) is 5.55. The molecule has 0 radical (unpaired) electrons. The van der Waals surface area contributed by atoms with E-state index in [1.165, 1.54) is 17.5 Å². The van der Waals surface area contributed by atoms with Gasteiger partial charge in [-0.1, -0.05) is 24.3 Å².